The molecule has 0 saturated heterocycles. The number of rotatable bonds is 7. The lowest BCUT2D eigenvalue weighted by Crippen LogP contribution is -2.02. The lowest BCUT2D eigenvalue weighted by molar-refractivity contribution is 0.299. The van der Waals surface area contributed by atoms with Crippen LogP contribution in [0.15, 0.2) is 54.6 Å². The number of aromatic nitrogens is 2. The van der Waals surface area contributed by atoms with Gasteiger partial charge in [0.25, 0.3) is 0 Å². The molecule has 0 spiro atoms. The van der Waals surface area contributed by atoms with E-state index >= 15 is 0 Å². The van der Waals surface area contributed by atoms with Gasteiger partial charge in [-0.05, 0) is 55.0 Å². The van der Waals surface area contributed by atoms with Gasteiger partial charge < -0.3 is 14.5 Å². The quantitative estimate of drug-likeness (QED) is 0.349. The van der Waals surface area contributed by atoms with Crippen molar-refractivity contribution in [2.45, 2.75) is 26.4 Å². The average Bonchev–Trinajstić information content (AvgIpc) is 3.18. The van der Waals surface area contributed by atoms with Crippen LogP contribution in [0.25, 0.3) is 11.0 Å². The predicted molar refractivity (Wildman–Crippen MR) is 117 cm³/mol. The highest BCUT2D eigenvalue weighted by molar-refractivity contribution is 6.32. The molecular weight excluding hydrogens is 422 g/mol. The number of imidazole rings is 1. The summed E-state index contributed by atoms with van der Waals surface area (Å²) in [5, 5.41) is 0.385. The molecule has 0 aliphatic rings. The number of nitrogens with one attached hydrogen (secondary N) is 1. The number of nitrogens with zero attached hydrogens (tertiary/aromatic N) is 1. The van der Waals surface area contributed by atoms with Crippen molar-refractivity contribution in [3.63, 3.8) is 0 Å². The van der Waals surface area contributed by atoms with Gasteiger partial charge in [0.15, 0.2) is 0 Å². The molecule has 1 aromatic heterocycles. The smallest absolute Gasteiger partial charge is 0.138 e. The summed E-state index contributed by atoms with van der Waals surface area (Å²) in [5.74, 6) is 0.882. The molecule has 1 unspecified atom stereocenters. The Morgan fingerprint density at radius 3 is 2.65 bits per heavy atom. The largest absolute Gasteiger partial charge is 0.494 e. The summed E-state index contributed by atoms with van der Waals surface area (Å²) in [4.78, 5) is 8.03. The molecule has 1 atom stereocenters. The average molecular weight is 443 g/mol. The first kappa shape index (κ1) is 21.1. The Labute approximate surface area is 183 Å². The standard InChI is InChI=1S/C24H21ClF2N2O2/c1-3-30-18-6-8-21-22(12-18)29-24(28-21)14(2)15-4-9-23(19(25)11-15)31-13-16-10-17(26)5-7-20(16)27/h4-12,14H,3,13H2,1-2H3,(H,28,29). The first-order valence-electron chi connectivity index (χ1n) is 9.93. The van der Waals surface area contributed by atoms with Crippen molar-refractivity contribution in [3.05, 3.63) is 88.2 Å². The molecular formula is C24H21ClF2N2O2. The SMILES string of the molecule is CCOc1ccc2[nH]c(C(C)c3ccc(OCc4cc(F)ccc4F)c(Cl)c3)nc2c1. The highest BCUT2D eigenvalue weighted by Gasteiger charge is 2.16. The number of halogens is 3. The van der Waals surface area contributed by atoms with Crippen molar-refractivity contribution in [1.82, 2.24) is 9.97 Å². The van der Waals surface area contributed by atoms with Crippen molar-refractivity contribution < 1.29 is 18.3 Å². The molecule has 4 nitrogen and oxygen atoms in total. The van der Waals surface area contributed by atoms with Crippen molar-refractivity contribution in [3.8, 4) is 11.5 Å². The third kappa shape index (κ3) is 4.64. The summed E-state index contributed by atoms with van der Waals surface area (Å²) in [6.45, 7) is 4.44. The Morgan fingerprint density at radius 2 is 1.87 bits per heavy atom. The van der Waals surface area contributed by atoms with E-state index in [1.54, 1.807) is 12.1 Å². The molecule has 0 saturated carbocycles. The van der Waals surface area contributed by atoms with Crippen LogP contribution < -0.4 is 9.47 Å². The van der Waals surface area contributed by atoms with Gasteiger partial charge in [-0.1, -0.05) is 24.6 Å². The molecule has 0 radical (unpaired) electrons. The number of hydrogen-bond donors (Lipinski definition) is 1. The number of fused-ring (bicyclic) bond motifs is 1. The number of benzene rings is 3. The molecule has 4 rings (SSSR count). The Kier molecular flexibility index (Phi) is 6.09. The molecule has 0 aliphatic heterocycles. The number of H-pyrrole nitrogens is 1. The monoisotopic (exact) mass is 442 g/mol. The maximum atomic E-state index is 13.8. The molecule has 0 bridgehead atoms. The van der Waals surface area contributed by atoms with Crippen molar-refractivity contribution in [1.29, 1.82) is 0 Å². The second-order valence-electron chi connectivity index (χ2n) is 7.17. The van der Waals surface area contributed by atoms with Crippen molar-refractivity contribution in [2.75, 3.05) is 6.61 Å². The first-order chi connectivity index (χ1) is 14.9. The van der Waals surface area contributed by atoms with Crippen LogP contribution in [0.3, 0.4) is 0 Å². The molecule has 160 valence electrons. The van der Waals surface area contributed by atoms with Gasteiger partial charge in [-0.2, -0.15) is 0 Å². The molecule has 0 aliphatic carbocycles. The zero-order valence-corrected chi connectivity index (χ0v) is 17.8. The molecule has 4 aromatic rings. The summed E-state index contributed by atoms with van der Waals surface area (Å²) >= 11 is 6.39. The van der Waals surface area contributed by atoms with Gasteiger partial charge in [0.1, 0.15) is 35.6 Å². The van der Waals surface area contributed by atoms with E-state index in [0.29, 0.717) is 17.4 Å². The Morgan fingerprint density at radius 1 is 1.03 bits per heavy atom. The Hall–Kier alpha value is -3.12. The highest BCUT2D eigenvalue weighted by Crippen LogP contribution is 2.32. The molecule has 0 fully saturated rings. The van der Waals surface area contributed by atoms with E-state index in [-0.39, 0.29) is 18.1 Å². The van der Waals surface area contributed by atoms with Gasteiger partial charge in [0.2, 0.25) is 0 Å². The topological polar surface area (TPSA) is 47.1 Å². The van der Waals surface area contributed by atoms with Crippen LogP contribution in [0.2, 0.25) is 5.02 Å². The van der Waals surface area contributed by atoms with Gasteiger partial charge in [-0.25, -0.2) is 13.8 Å². The van der Waals surface area contributed by atoms with E-state index in [2.05, 4.69) is 4.98 Å². The Balaban J connectivity index is 1.51. The van der Waals surface area contributed by atoms with Gasteiger partial charge >= 0.3 is 0 Å². The fraction of sp³-hybridized carbons (Fsp3) is 0.208. The maximum Gasteiger partial charge on any atom is 0.138 e. The van der Waals surface area contributed by atoms with Crippen LogP contribution in [-0.2, 0) is 6.61 Å². The lowest BCUT2D eigenvalue weighted by atomic mass is 10.0. The van der Waals surface area contributed by atoms with E-state index in [1.165, 1.54) is 0 Å². The van der Waals surface area contributed by atoms with Crippen molar-refractivity contribution in [2.24, 2.45) is 0 Å². The normalized spacial score (nSPS) is 12.2. The maximum absolute atomic E-state index is 13.8. The van der Waals surface area contributed by atoms with E-state index in [9.17, 15) is 8.78 Å². The van der Waals surface area contributed by atoms with Crippen LogP contribution in [-0.4, -0.2) is 16.6 Å². The summed E-state index contributed by atoms with van der Waals surface area (Å²) in [5.41, 5.74) is 2.82. The third-order valence-electron chi connectivity index (χ3n) is 5.04. The van der Waals surface area contributed by atoms with Gasteiger partial charge in [-0.15, -0.1) is 0 Å². The molecule has 0 amide bonds. The fourth-order valence-electron chi connectivity index (χ4n) is 3.34. The fourth-order valence-corrected chi connectivity index (χ4v) is 3.58. The summed E-state index contributed by atoms with van der Waals surface area (Å²) in [7, 11) is 0. The third-order valence-corrected chi connectivity index (χ3v) is 5.34. The number of ether oxygens (including phenoxy) is 2. The molecule has 1 N–H and O–H groups in total. The minimum Gasteiger partial charge on any atom is -0.494 e. The zero-order valence-electron chi connectivity index (χ0n) is 17.1. The highest BCUT2D eigenvalue weighted by atomic mass is 35.5. The van der Waals surface area contributed by atoms with Gasteiger partial charge in [0.05, 0.1) is 22.7 Å². The molecule has 7 heteroatoms. The van der Waals surface area contributed by atoms with E-state index in [1.807, 2.05) is 38.1 Å². The van der Waals surface area contributed by atoms with Gasteiger partial charge in [-0.3, -0.25) is 0 Å². The first-order valence-corrected chi connectivity index (χ1v) is 10.3. The minimum atomic E-state index is -0.528. The predicted octanol–water partition coefficient (Wildman–Crippen LogP) is 6.62. The van der Waals surface area contributed by atoms with Crippen LogP contribution in [0, 0.1) is 11.6 Å². The molecule has 31 heavy (non-hydrogen) atoms. The van der Waals surface area contributed by atoms with Crippen LogP contribution in [0.1, 0.15) is 36.7 Å². The number of aromatic amines is 1. The summed E-state index contributed by atoms with van der Waals surface area (Å²) in [6.07, 6.45) is 0. The van der Waals surface area contributed by atoms with Gasteiger partial charge in [0, 0.05) is 17.5 Å². The second-order valence-corrected chi connectivity index (χ2v) is 7.58. The van der Waals surface area contributed by atoms with Crippen molar-refractivity contribution >= 4 is 22.6 Å². The van der Waals surface area contributed by atoms with E-state index in [0.717, 1.165) is 46.4 Å². The zero-order chi connectivity index (χ0) is 22.0. The lowest BCUT2D eigenvalue weighted by Gasteiger charge is -2.13. The Bertz CT molecular complexity index is 1230. The minimum absolute atomic E-state index is 0.0462. The molecule has 3 aromatic carbocycles. The summed E-state index contributed by atoms with van der Waals surface area (Å²) in [6, 6.07) is 14.4. The van der Waals surface area contributed by atoms with Crippen LogP contribution >= 0.6 is 11.6 Å². The van der Waals surface area contributed by atoms with Crippen LogP contribution in [0.4, 0.5) is 8.78 Å². The summed E-state index contributed by atoms with van der Waals surface area (Å²) < 4.78 is 38.3. The van der Waals surface area contributed by atoms with E-state index in [4.69, 9.17) is 26.1 Å². The second kappa shape index (κ2) is 8.94. The van der Waals surface area contributed by atoms with Crippen LogP contribution in [0.5, 0.6) is 11.5 Å². The number of hydrogen-bond acceptors (Lipinski definition) is 3. The molecule has 1 heterocycles. The van der Waals surface area contributed by atoms with E-state index < -0.39 is 11.6 Å².